The van der Waals surface area contributed by atoms with Crippen molar-refractivity contribution in [1.29, 1.82) is 0 Å². The molecule has 1 heterocycles. The first-order valence-electron chi connectivity index (χ1n) is 8.31. The van der Waals surface area contributed by atoms with E-state index < -0.39 is 0 Å². The summed E-state index contributed by atoms with van der Waals surface area (Å²) in [6, 6.07) is 1.43. The van der Waals surface area contributed by atoms with Gasteiger partial charge in [0.2, 0.25) is 0 Å². The van der Waals surface area contributed by atoms with Gasteiger partial charge >= 0.3 is 0 Å². The van der Waals surface area contributed by atoms with E-state index in [1.807, 2.05) is 0 Å². The van der Waals surface area contributed by atoms with Crippen molar-refractivity contribution in [2.24, 2.45) is 11.7 Å². The molecule has 0 aromatic carbocycles. The molecular weight excluding hydrogens is 234 g/mol. The van der Waals surface area contributed by atoms with E-state index in [1.165, 1.54) is 64.5 Å². The molecule has 0 amide bonds. The molecule has 1 saturated carbocycles. The van der Waals surface area contributed by atoms with Crippen LogP contribution in [0.15, 0.2) is 0 Å². The van der Waals surface area contributed by atoms with Crippen molar-refractivity contribution in [3.63, 3.8) is 0 Å². The van der Waals surface area contributed by atoms with E-state index in [4.69, 9.17) is 5.73 Å². The fourth-order valence-corrected chi connectivity index (χ4v) is 3.97. The van der Waals surface area contributed by atoms with Gasteiger partial charge in [-0.1, -0.05) is 32.1 Å². The minimum Gasteiger partial charge on any atom is -0.329 e. The van der Waals surface area contributed by atoms with Gasteiger partial charge in [-0.25, -0.2) is 0 Å². The highest BCUT2D eigenvalue weighted by Gasteiger charge is 2.27. The van der Waals surface area contributed by atoms with Crippen LogP contribution in [0.1, 0.15) is 51.4 Å². The van der Waals surface area contributed by atoms with Crippen LogP contribution in [-0.4, -0.2) is 55.6 Å². The molecule has 1 aliphatic heterocycles. The monoisotopic (exact) mass is 267 g/mol. The zero-order chi connectivity index (χ0) is 13.7. The molecule has 3 heteroatoms. The molecule has 3 nitrogen and oxygen atoms in total. The summed E-state index contributed by atoms with van der Waals surface area (Å²) in [6.45, 7) is 3.35. The molecule has 1 unspecified atom stereocenters. The summed E-state index contributed by atoms with van der Waals surface area (Å²) in [5, 5.41) is 0. The van der Waals surface area contributed by atoms with Crippen molar-refractivity contribution in [3.8, 4) is 0 Å². The molecule has 2 rings (SSSR count). The molecule has 112 valence electrons. The SMILES string of the molecule is CN(C)C1CCN(C(CN)CC2CCCCC2)CC1. The standard InChI is InChI=1S/C16H33N3/c1-18(2)15-8-10-19(11-9-15)16(13-17)12-14-6-4-3-5-7-14/h14-16H,3-13,17H2,1-2H3. The first-order chi connectivity index (χ1) is 9.20. The second-order valence-corrected chi connectivity index (χ2v) is 6.86. The Kier molecular flexibility index (Phi) is 6.11. The molecule has 19 heavy (non-hydrogen) atoms. The lowest BCUT2D eigenvalue weighted by atomic mass is 9.84. The van der Waals surface area contributed by atoms with E-state index in [0.717, 1.165) is 18.5 Å². The molecule has 1 aliphatic carbocycles. The first kappa shape index (κ1) is 15.3. The average Bonchev–Trinajstić information content (AvgIpc) is 2.46. The van der Waals surface area contributed by atoms with Crippen LogP contribution >= 0.6 is 0 Å². The third kappa shape index (κ3) is 4.44. The number of piperidine rings is 1. The summed E-state index contributed by atoms with van der Waals surface area (Å²) in [5.41, 5.74) is 6.06. The Morgan fingerprint density at radius 2 is 1.68 bits per heavy atom. The molecule has 0 spiro atoms. The van der Waals surface area contributed by atoms with E-state index in [-0.39, 0.29) is 0 Å². The fourth-order valence-electron chi connectivity index (χ4n) is 3.97. The van der Waals surface area contributed by atoms with E-state index in [9.17, 15) is 0 Å². The molecule has 2 N–H and O–H groups in total. The van der Waals surface area contributed by atoms with Crippen molar-refractivity contribution in [1.82, 2.24) is 9.80 Å². The Balaban J connectivity index is 1.78. The summed E-state index contributed by atoms with van der Waals surface area (Å²) in [5.74, 6) is 0.953. The highest BCUT2D eigenvalue weighted by Crippen LogP contribution is 2.29. The Morgan fingerprint density at radius 1 is 1.05 bits per heavy atom. The molecule has 1 saturated heterocycles. The first-order valence-corrected chi connectivity index (χ1v) is 8.31. The van der Waals surface area contributed by atoms with Crippen molar-refractivity contribution >= 4 is 0 Å². The Morgan fingerprint density at radius 3 is 2.21 bits per heavy atom. The van der Waals surface area contributed by atoms with Gasteiger partial charge in [0.1, 0.15) is 0 Å². The van der Waals surface area contributed by atoms with Gasteiger partial charge in [-0.2, -0.15) is 0 Å². The fraction of sp³-hybridized carbons (Fsp3) is 1.00. The lowest BCUT2D eigenvalue weighted by molar-refractivity contribution is 0.0945. The molecule has 0 aromatic heterocycles. The topological polar surface area (TPSA) is 32.5 Å². The van der Waals surface area contributed by atoms with Crippen LogP contribution in [0, 0.1) is 5.92 Å². The summed E-state index contributed by atoms with van der Waals surface area (Å²) < 4.78 is 0. The van der Waals surface area contributed by atoms with Gasteiger partial charge in [-0.15, -0.1) is 0 Å². The van der Waals surface area contributed by atoms with E-state index in [1.54, 1.807) is 0 Å². The Hall–Kier alpha value is -0.120. The van der Waals surface area contributed by atoms with Gasteiger partial charge in [0, 0.05) is 18.6 Å². The van der Waals surface area contributed by atoms with Crippen molar-refractivity contribution in [3.05, 3.63) is 0 Å². The van der Waals surface area contributed by atoms with Gasteiger partial charge in [0.15, 0.2) is 0 Å². The molecule has 0 aromatic rings. The number of hydrogen-bond donors (Lipinski definition) is 1. The maximum absolute atomic E-state index is 6.06. The van der Waals surface area contributed by atoms with Gasteiger partial charge in [-0.05, 0) is 52.4 Å². The maximum Gasteiger partial charge on any atom is 0.0221 e. The minimum atomic E-state index is 0.645. The van der Waals surface area contributed by atoms with E-state index >= 15 is 0 Å². The smallest absolute Gasteiger partial charge is 0.0221 e. The van der Waals surface area contributed by atoms with Crippen LogP contribution < -0.4 is 5.73 Å². The summed E-state index contributed by atoms with van der Waals surface area (Å²) in [4.78, 5) is 5.06. The van der Waals surface area contributed by atoms with Gasteiger partial charge < -0.3 is 10.6 Å². The van der Waals surface area contributed by atoms with Crippen LogP contribution in [0.2, 0.25) is 0 Å². The number of nitrogens with two attached hydrogens (primary N) is 1. The summed E-state index contributed by atoms with van der Waals surface area (Å²) in [7, 11) is 4.42. The maximum atomic E-state index is 6.06. The second-order valence-electron chi connectivity index (χ2n) is 6.86. The van der Waals surface area contributed by atoms with Crippen LogP contribution in [0.4, 0.5) is 0 Å². The van der Waals surface area contributed by atoms with Gasteiger partial charge in [0.05, 0.1) is 0 Å². The second kappa shape index (κ2) is 7.61. The normalized spacial score (nSPS) is 25.9. The van der Waals surface area contributed by atoms with E-state index in [0.29, 0.717) is 6.04 Å². The predicted molar refractivity (Wildman–Crippen MR) is 82.3 cm³/mol. The lowest BCUT2D eigenvalue weighted by Gasteiger charge is -2.40. The van der Waals surface area contributed by atoms with Crippen LogP contribution in [0.5, 0.6) is 0 Å². The summed E-state index contributed by atoms with van der Waals surface area (Å²) in [6.07, 6.45) is 11.2. The van der Waals surface area contributed by atoms with Crippen LogP contribution in [-0.2, 0) is 0 Å². The molecule has 0 radical (unpaired) electrons. The lowest BCUT2D eigenvalue weighted by Crippen LogP contribution is -2.49. The predicted octanol–water partition coefficient (Wildman–Crippen LogP) is 2.31. The molecule has 1 atom stereocenters. The zero-order valence-electron chi connectivity index (χ0n) is 13.0. The van der Waals surface area contributed by atoms with Crippen LogP contribution in [0.3, 0.4) is 0 Å². The zero-order valence-corrected chi connectivity index (χ0v) is 13.0. The van der Waals surface area contributed by atoms with Crippen molar-refractivity contribution in [2.45, 2.75) is 63.5 Å². The summed E-state index contributed by atoms with van der Waals surface area (Å²) >= 11 is 0. The molecule has 0 bridgehead atoms. The number of nitrogens with zero attached hydrogens (tertiary/aromatic N) is 2. The average molecular weight is 267 g/mol. The quantitative estimate of drug-likeness (QED) is 0.829. The number of rotatable bonds is 5. The molecule has 2 aliphatic rings. The molecular formula is C16H33N3. The number of likely N-dealkylation sites (tertiary alicyclic amines) is 1. The Labute approximate surface area is 119 Å². The Bertz CT molecular complexity index is 240. The van der Waals surface area contributed by atoms with Crippen molar-refractivity contribution < 1.29 is 0 Å². The molecule has 2 fully saturated rings. The third-order valence-corrected chi connectivity index (χ3v) is 5.35. The van der Waals surface area contributed by atoms with Gasteiger partial charge in [-0.3, -0.25) is 4.90 Å². The highest BCUT2D eigenvalue weighted by atomic mass is 15.2. The van der Waals surface area contributed by atoms with Crippen molar-refractivity contribution in [2.75, 3.05) is 33.7 Å². The highest BCUT2D eigenvalue weighted by molar-refractivity contribution is 4.84. The minimum absolute atomic E-state index is 0.645. The van der Waals surface area contributed by atoms with Gasteiger partial charge in [0.25, 0.3) is 0 Å². The third-order valence-electron chi connectivity index (χ3n) is 5.35. The van der Waals surface area contributed by atoms with E-state index in [2.05, 4.69) is 23.9 Å². The largest absolute Gasteiger partial charge is 0.329 e. The number of hydrogen-bond acceptors (Lipinski definition) is 3. The van der Waals surface area contributed by atoms with Crippen LogP contribution in [0.25, 0.3) is 0 Å².